The fraction of sp³-hybridized carbons (Fsp3) is 0.200. The molecule has 0 aromatic heterocycles. The summed E-state index contributed by atoms with van der Waals surface area (Å²) in [7, 11) is 0. The zero-order valence-corrected chi connectivity index (χ0v) is 8.94. The first-order valence-electron chi connectivity index (χ1n) is 4.33. The van der Waals surface area contributed by atoms with Crippen LogP contribution < -0.4 is 11.1 Å². The van der Waals surface area contributed by atoms with Gasteiger partial charge in [-0.3, -0.25) is 0 Å². The van der Waals surface area contributed by atoms with Gasteiger partial charge in [0.2, 0.25) is 0 Å². The lowest BCUT2D eigenvalue weighted by Gasteiger charge is -2.09. The number of hydrogen-bond acceptors (Lipinski definition) is 2. The van der Waals surface area contributed by atoms with Gasteiger partial charge in [-0.1, -0.05) is 23.2 Å². The lowest BCUT2D eigenvalue weighted by Crippen LogP contribution is -2.16. The summed E-state index contributed by atoms with van der Waals surface area (Å²) in [6.07, 6.45) is 1.96. The molecule has 1 aromatic rings. The van der Waals surface area contributed by atoms with E-state index in [2.05, 4.69) is 5.32 Å². The van der Waals surface area contributed by atoms with Crippen LogP contribution in [0, 0.1) is 0 Å². The molecule has 0 bridgehead atoms. The Morgan fingerprint density at radius 3 is 2.79 bits per heavy atom. The van der Waals surface area contributed by atoms with Crippen molar-refractivity contribution >= 4 is 23.2 Å². The quantitative estimate of drug-likeness (QED) is 0.776. The largest absolute Gasteiger partial charge is 0.386 e. The summed E-state index contributed by atoms with van der Waals surface area (Å²) in [5.74, 6) is 0.923. The number of rotatable bonds is 1. The van der Waals surface area contributed by atoms with Gasteiger partial charge in [0.1, 0.15) is 0 Å². The van der Waals surface area contributed by atoms with Gasteiger partial charge in [-0.2, -0.15) is 0 Å². The van der Waals surface area contributed by atoms with Crippen LogP contribution in [0.25, 0.3) is 0 Å². The third kappa shape index (κ3) is 1.81. The topological polar surface area (TPSA) is 38.0 Å². The van der Waals surface area contributed by atoms with E-state index in [9.17, 15) is 0 Å². The van der Waals surface area contributed by atoms with Crippen molar-refractivity contribution in [3.05, 3.63) is 45.7 Å². The molecule has 1 heterocycles. The molecule has 1 atom stereocenters. The molecule has 0 fully saturated rings. The molecule has 14 heavy (non-hydrogen) atoms. The SMILES string of the molecule is NC1=C[C@@H](c2cc(Cl)ccc2Cl)CN1. The summed E-state index contributed by atoms with van der Waals surface area (Å²) in [5.41, 5.74) is 6.65. The monoisotopic (exact) mass is 228 g/mol. The number of nitrogens with one attached hydrogen (secondary N) is 1. The first kappa shape index (κ1) is 9.69. The van der Waals surface area contributed by atoms with E-state index in [4.69, 9.17) is 28.9 Å². The highest BCUT2D eigenvalue weighted by atomic mass is 35.5. The molecule has 0 saturated heterocycles. The average molecular weight is 229 g/mol. The molecule has 0 radical (unpaired) electrons. The second-order valence-electron chi connectivity index (χ2n) is 3.28. The molecular weight excluding hydrogens is 219 g/mol. The van der Waals surface area contributed by atoms with Crippen LogP contribution in [0.2, 0.25) is 10.0 Å². The standard InChI is InChI=1S/C10H10Cl2N2/c11-7-1-2-9(12)8(4-7)6-3-10(13)14-5-6/h1-4,6,14H,5,13H2/t6-/m1/s1. The fourth-order valence-electron chi connectivity index (χ4n) is 1.56. The highest BCUT2D eigenvalue weighted by Crippen LogP contribution is 2.30. The summed E-state index contributed by atoms with van der Waals surface area (Å²) >= 11 is 12.0. The van der Waals surface area contributed by atoms with E-state index in [1.807, 2.05) is 18.2 Å². The highest BCUT2D eigenvalue weighted by Gasteiger charge is 2.17. The Balaban J connectivity index is 2.36. The first-order chi connectivity index (χ1) is 6.66. The van der Waals surface area contributed by atoms with Crippen LogP contribution in [0.5, 0.6) is 0 Å². The summed E-state index contributed by atoms with van der Waals surface area (Å²) < 4.78 is 0. The number of benzene rings is 1. The predicted octanol–water partition coefficient (Wildman–Crippen LogP) is 2.48. The van der Waals surface area contributed by atoms with Gasteiger partial charge in [-0.25, -0.2) is 0 Å². The molecule has 3 N–H and O–H groups in total. The molecule has 0 aliphatic carbocycles. The summed E-state index contributed by atoms with van der Waals surface area (Å²) in [4.78, 5) is 0. The van der Waals surface area contributed by atoms with Crippen molar-refractivity contribution in [1.82, 2.24) is 5.32 Å². The van der Waals surface area contributed by atoms with Crippen molar-refractivity contribution < 1.29 is 0 Å². The molecule has 1 aliphatic rings. The Morgan fingerprint density at radius 1 is 1.36 bits per heavy atom. The van der Waals surface area contributed by atoms with Gasteiger partial charge in [0.05, 0.1) is 5.82 Å². The minimum atomic E-state index is 0.223. The third-order valence-corrected chi connectivity index (χ3v) is 2.84. The van der Waals surface area contributed by atoms with Crippen LogP contribution in [0.4, 0.5) is 0 Å². The molecule has 4 heteroatoms. The van der Waals surface area contributed by atoms with E-state index >= 15 is 0 Å². The van der Waals surface area contributed by atoms with Crippen LogP contribution in [0.15, 0.2) is 30.1 Å². The van der Waals surface area contributed by atoms with Crippen molar-refractivity contribution in [3.8, 4) is 0 Å². The summed E-state index contributed by atoms with van der Waals surface area (Å²) in [5, 5.41) is 4.48. The van der Waals surface area contributed by atoms with E-state index in [1.54, 1.807) is 6.07 Å². The van der Waals surface area contributed by atoms with Crippen LogP contribution in [-0.4, -0.2) is 6.54 Å². The number of halogens is 2. The van der Waals surface area contributed by atoms with Crippen LogP contribution in [0.3, 0.4) is 0 Å². The van der Waals surface area contributed by atoms with Crippen molar-refractivity contribution in [1.29, 1.82) is 0 Å². The van der Waals surface area contributed by atoms with Crippen molar-refractivity contribution in [2.75, 3.05) is 6.54 Å². The Morgan fingerprint density at radius 2 is 2.14 bits per heavy atom. The second kappa shape index (κ2) is 3.71. The minimum absolute atomic E-state index is 0.223. The van der Waals surface area contributed by atoms with Gasteiger partial charge in [0.25, 0.3) is 0 Å². The molecule has 2 rings (SSSR count). The van der Waals surface area contributed by atoms with Crippen LogP contribution in [0.1, 0.15) is 11.5 Å². The molecule has 0 amide bonds. The lowest BCUT2D eigenvalue weighted by atomic mass is 10.0. The van der Waals surface area contributed by atoms with E-state index in [0.29, 0.717) is 10.8 Å². The van der Waals surface area contributed by atoms with Crippen molar-refractivity contribution in [3.63, 3.8) is 0 Å². The average Bonchev–Trinajstić information content (AvgIpc) is 2.56. The summed E-state index contributed by atoms with van der Waals surface area (Å²) in [6, 6.07) is 5.47. The van der Waals surface area contributed by atoms with Gasteiger partial charge in [-0.15, -0.1) is 0 Å². The maximum absolute atomic E-state index is 6.07. The fourth-order valence-corrected chi connectivity index (χ4v) is 2.00. The molecule has 0 spiro atoms. The molecule has 74 valence electrons. The Hall–Kier alpha value is -0.860. The van der Waals surface area contributed by atoms with E-state index in [-0.39, 0.29) is 5.92 Å². The van der Waals surface area contributed by atoms with Gasteiger partial charge < -0.3 is 11.1 Å². The maximum Gasteiger partial charge on any atom is 0.0926 e. The van der Waals surface area contributed by atoms with Crippen LogP contribution >= 0.6 is 23.2 Å². The Kier molecular flexibility index (Phi) is 2.57. The van der Waals surface area contributed by atoms with E-state index in [0.717, 1.165) is 17.1 Å². The highest BCUT2D eigenvalue weighted by molar-refractivity contribution is 6.33. The molecular formula is C10H10Cl2N2. The number of nitrogens with two attached hydrogens (primary N) is 1. The number of hydrogen-bond donors (Lipinski definition) is 2. The van der Waals surface area contributed by atoms with Gasteiger partial charge in [-0.05, 0) is 29.8 Å². The Labute approximate surface area is 92.7 Å². The molecule has 0 saturated carbocycles. The normalized spacial score (nSPS) is 20.4. The lowest BCUT2D eigenvalue weighted by molar-refractivity contribution is 0.791. The smallest absolute Gasteiger partial charge is 0.0926 e. The molecule has 2 nitrogen and oxygen atoms in total. The van der Waals surface area contributed by atoms with Crippen molar-refractivity contribution in [2.45, 2.75) is 5.92 Å². The summed E-state index contributed by atoms with van der Waals surface area (Å²) in [6.45, 7) is 0.784. The molecule has 0 unspecified atom stereocenters. The Bertz CT molecular complexity index is 388. The molecule has 1 aromatic carbocycles. The van der Waals surface area contributed by atoms with E-state index < -0.39 is 0 Å². The molecule has 1 aliphatic heterocycles. The predicted molar refractivity (Wildman–Crippen MR) is 59.5 cm³/mol. The third-order valence-electron chi connectivity index (χ3n) is 2.26. The maximum atomic E-state index is 6.07. The van der Waals surface area contributed by atoms with E-state index in [1.165, 1.54) is 0 Å². The zero-order chi connectivity index (χ0) is 10.1. The minimum Gasteiger partial charge on any atom is -0.386 e. The van der Waals surface area contributed by atoms with Gasteiger partial charge in [0, 0.05) is 22.5 Å². The zero-order valence-electron chi connectivity index (χ0n) is 7.43. The van der Waals surface area contributed by atoms with Crippen molar-refractivity contribution in [2.24, 2.45) is 5.73 Å². The van der Waals surface area contributed by atoms with Gasteiger partial charge in [0.15, 0.2) is 0 Å². The van der Waals surface area contributed by atoms with Gasteiger partial charge >= 0.3 is 0 Å². The first-order valence-corrected chi connectivity index (χ1v) is 5.08. The second-order valence-corrected chi connectivity index (χ2v) is 4.12. The van der Waals surface area contributed by atoms with Crippen LogP contribution in [-0.2, 0) is 0 Å².